The van der Waals surface area contributed by atoms with Crippen molar-refractivity contribution in [1.29, 1.82) is 0 Å². The van der Waals surface area contributed by atoms with Crippen LogP contribution >= 0.6 is 0 Å². The van der Waals surface area contributed by atoms with Gasteiger partial charge < -0.3 is 9.47 Å². The Bertz CT molecular complexity index is 590. The maximum Gasteiger partial charge on any atom is 0.306 e. The highest BCUT2D eigenvalue weighted by Gasteiger charge is 2.16. The number of rotatable bonds is 7. The summed E-state index contributed by atoms with van der Waals surface area (Å²) in [5.41, 5.74) is 0.331. The van der Waals surface area contributed by atoms with Crippen molar-refractivity contribution in [1.82, 2.24) is 5.32 Å². The minimum Gasteiger partial charge on any atom is -0.497 e. The fraction of sp³-hybridized carbons (Fsp3) is 0.526. The van der Waals surface area contributed by atoms with Crippen LogP contribution in [0.2, 0.25) is 0 Å². The van der Waals surface area contributed by atoms with Gasteiger partial charge in [-0.3, -0.25) is 19.7 Å². The molecule has 1 aliphatic carbocycles. The highest BCUT2D eigenvalue weighted by Crippen LogP contribution is 2.27. The number of ether oxygens (including phenoxy) is 2. The Balaban J connectivity index is 1.66. The second kappa shape index (κ2) is 9.81. The van der Waals surface area contributed by atoms with E-state index in [0.717, 1.165) is 6.42 Å². The average Bonchev–Trinajstić information content (AvgIpc) is 2.65. The second-order valence-corrected chi connectivity index (χ2v) is 6.31. The van der Waals surface area contributed by atoms with Crippen LogP contribution in [0.25, 0.3) is 0 Å². The molecule has 1 aromatic carbocycles. The summed E-state index contributed by atoms with van der Waals surface area (Å²) in [6.45, 7) is -0.439. The van der Waals surface area contributed by atoms with Gasteiger partial charge >= 0.3 is 5.97 Å². The average molecular weight is 347 g/mol. The largest absolute Gasteiger partial charge is 0.497 e. The van der Waals surface area contributed by atoms with Crippen molar-refractivity contribution in [3.63, 3.8) is 0 Å². The molecular formula is C19H25NO5. The summed E-state index contributed by atoms with van der Waals surface area (Å²) in [5, 5.41) is 2.20. The van der Waals surface area contributed by atoms with Crippen LogP contribution in [0.4, 0.5) is 0 Å². The lowest BCUT2D eigenvalue weighted by atomic mass is 9.86. The van der Waals surface area contributed by atoms with E-state index in [9.17, 15) is 14.4 Å². The number of amides is 2. The Morgan fingerprint density at radius 1 is 1.08 bits per heavy atom. The molecule has 0 aliphatic heterocycles. The van der Waals surface area contributed by atoms with Crippen LogP contribution in [0.1, 0.15) is 55.3 Å². The van der Waals surface area contributed by atoms with Gasteiger partial charge in [0.2, 0.25) is 0 Å². The molecule has 1 fully saturated rings. The van der Waals surface area contributed by atoms with E-state index >= 15 is 0 Å². The van der Waals surface area contributed by atoms with Crippen molar-refractivity contribution in [2.75, 3.05) is 13.7 Å². The number of hydrogen-bond donors (Lipinski definition) is 1. The first kappa shape index (κ1) is 19.0. The quantitative estimate of drug-likeness (QED) is 0.767. The van der Waals surface area contributed by atoms with Crippen LogP contribution in [0.5, 0.6) is 5.75 Å². The van der Waals surface area contributed by atoms with Gasteiger partial charge in [0.15, 0.2) is 6.61 Å². The van der Waals surface area contributed by atoms with E-state index in [-0.39, 0.29) is 0 Å². The van der Waals surface area contributed by atoms with E-state index in [1.807, 2.05) is 0 Å². The summed E-state index contributed by atoms with van der Waals surface area (Å²) in [6, 6.07) is 6.37. The molecule has 25 heavy (non-hydrogen) atoms. The number of benzene rings is 1. The van der Waals surface area contributed by atoms with Crippen LogP contribution in [-0.4, -0.2) is 31.5 Å². The van der Waals surface area contributed by atoms with E-state index in [1.165, 1.54) is 39.2 Å². The number of methoxy groups -OCH3 is 1. The lowest BCUT2D eigenvalue weighted by Gasteiger charge is -2.20. The zero-order chi connectivity index (χ0) is 18.1. The molecule has 0 bridgehead atoms. The summed E-state index contributed by atoms with van der Waals surface area (Å²) < 4.78 is 9.95. The maximum absolute atomic E-state index is 11.9. The Kier molecular flexibility index (Phi) is 7.44. The number of esters is 1. The van der Waals surface area contributed by atoms with Crippen LogP contribution in [0.15, 0.2) is 24.3 Å². The number of carbonyl (C=O) groups is 3. The number of nitrogens with one attached hydrogen (secondary N) is 1. The molecule has 1 aliphatic rings. The normalized spacial score (nSPS) is 14.6. The van der Waals surface area contributed by atoms with Crippen molar-refractivity contribution in [2.24, 2.45) is 5.92 Å². The smallest absolute Gasteiger partial charge is 0.306 e. The van der Waals surface area contributed by atoms with Gasteiger partial charge in [-0.1, -0.05) is 32.1 Å². The molecule has 0 spiro atoms. The fourth-order valence-electron chi connectivity index (χ4n) is 2.99. The van der Waals surface area contributed by atoms with Gasteiger partial charge in [-0.25, -0.2) is 0 Å². The SMILES string of the molecule is COc1ccc(C(=O)NC(=O)COC(=O)CCC2CCCCC2)cc1. The van der Waals surface area contributed by atoms with E-state index in [2.05, 4.69) is 5.32 Å². The van der Waals surface area contributed by atoms with Gasteiger partial charge in [0.1, 0.15) is 5.75 Å². The number of hydrogen-bond acceptors (Lipinski definition) is 5. The molecule has 2 rings (SSSR count). The Labute approximate surface area is 147 Å². The van der Waals surface area contributed by atoms with Crippen molar-refractivity contribution >= 4 is 17.8 Å². The van der Waals surface area contributed by atoms with Gasteiger partial charge in [-0.15, -0.1) is 0 Å². The van der Waals surface area contributed by atoms with E-state index in [0.29, 0.717) is 23.7 Å². The van der Waals surface area contributed by atoms with Gasteiger partial charge in [0.25, 0.3) is 11.8 Å². The Morgan fingerprint density at radius 3 is 2.40 bits per heavy atom. The molecule has 0 radical (unpaired) electrons. The Morgan fingerprint density at radius 2 is 1.76 bits per heavy atom. The molecule has 1 N–H and O–H groups in total. The first-order valence-corrected chi connectivity index (χ1v) is 8.72. The molecule has 0 heterocycles. The first-order chi connectivity index (χ1) is 12.1. The van der Waals surface area contributed by atoms with Gasteiger partial charge in [-0.2, -0.15) is 0 Å². The standard InChI is InChI=1S/C19H25NO5/c1-24-16-10-8-15(9-11-16)19(23)20-17(21)13-25-18(22)12-7-14-5-3-2-4-6-14/h8-11,14H,2-7,12-13H2,1H3,(H,20,21,23). The van der Waals surface area contributed by atoms with E-state index in [4.69, 9.17) is 9.47 Å². The number of imide groups is 1. The monoisotopic (exact) mass is 347 g/mol. The predicted molar refractivity (Wildman–Crippen MR) is 92.2 cm³/mol. The molecule has 0 atom stereocenters. The van der Waals surface area contributed by atoms with Gasteiger partial charge in [0, 0.05) is 12.0 Å². The minimum absolute atomic E-state index is 0.324. The first-order valence-electron chi connectivity index (χ1n) is 8.72. The van der Waals surface area contributed by atoms with Crippen molar-refractivity contribution in [3.05, 3.63) is 29.8 Å². The highest BCUT2D eigenvalue weighted by molar-refractivity contribution is 6.05. The summed E-state index contributed by atoms with van der Waals surface area (Å²) in [6.07, 6.45) is 7.22. The third kappa shape index (κ3) is 6.57. The molecule has 2 amide bonds. The van der Waals surface area contributed by atoms with Crippen molar-refractivity contribution in [3.8, 4) is 5.75 Å². The van der Waals surface area contributed by atoms with Crippen LogP contribution in [-0.2, 0) is 14.3 Å². The van der Waals surface area contributed by atoms with Crippen molar-refractivity contribution in [2.45, 2.75) is 44.9 Å². The van der Waals surface area contributed by atoms with Gasteiger partial charge in [0.05, 0.1) is 7.11 Å². The lowest BCUT2D eigenvalue weighted by Crippen LogP contribution is -2.34. The summed E-state index contributed by atoms with van der Waals surface area (Å²) in [4.78, 5) is 35.4. The zero-order valence-electron chi connectivity index (χ0n) is 14.6. The summed E-state index contributed by atoms with van der Waals surface area (Å²) in [5.74, 6) is -0.350. The zero-order valence-corrected chi connectivity index (χ0v) is 14.6. The lowest BCUT2D eigenvalue weighted by molar-refractivity contribution is -0.148. The molecule has 6 nitrogen and oxygen atoms in total. The van der Waals surface area contributed by atoms with Crippen molar-refractivity contribution < 1.29 is 23.9 Å². The molecule has 1 saturated carbocycles. The second-order valence-electron chi connectivity index (χ2n) is 6.31. The van der Waals surface area contributed by atoms with Gasteiger partial charge in [-0.05, 0) is 36.6 Å². The third-order valence-corrected chi connectivity index (χ3v) is 4.45. The topological polar surface area (TPSA) is 81.7 Å². The number of carbonyl (C=O) groups excluding carboxylic acids is 3. The minimum atomic E-state index is -0.633. The molecular weight excluding hydrogens is 322 g/mol. The van der Waals surface area contributed by atoms with Crippen LogP contribution < -0.4 is 10.1 Å². The predicted octanol–water partition coefficient (Wildman–Crippen LogP) is 2.86. The molecule has 0 unspecified atom stereocenters. The molecule has 0 saturated heterocycles. The summed E-state index contributed by atoms with van der Waals surface area (Å²) in [7, 11) is 1.53. The maximum atomic E-state index is 11.9. The molecule has 0 aromatic heterocycles. The summed E-state index contributed by atoms with van der Waals surface area (Å²) >= 11 is 0. The Hall–Kier alpha value is -2.37. The fourth-order valence-corrected chi connectivity index (χ4v) is 2.99. The van der Waals surface area contributed by atoms with E-state index in [1.54, 1.807) is 24.3 Å². The van der Waals surface area contributed by atoms with E-state index < -0.39 is 24.4 Å². The molecule has 1 aromatic rings. The van der Waals surface area contributed by atoms with Crippen LogP contribution in [0, 0.1) is 5.92 Å². The molecule has 136 valence electrons. The highest BCUT2D eigenvalue weighted by atomic mass is 16.5. The molecule has 6 heteroatoms. The van der Waals surface area contributed by atoms with Crippen LogP contribution in [0.3, 0.4) is 0 Å². The third-order valence-electron chi connectivity index (χ3n) is 4.45.